The van der Waals surface area contributed by atoms with Crippen molar-refractivity contribution in [2.45, 2.75) is 315 Å². The molecule has 18 heteroatoms. The monoisotopic (exact) mass is 1260 g/mol. The number of rotatable bonds is 28. The van der Waals surface area contributed by atoms with Gasteiger partial charge in [-0.3, -0.25) is 28.8 Å². The van der Waals surface area contributed by atoms with E-state index in [9.17, 15) is 55.1 Å². The van der Waals surface area contributed by atoms with Crippen LogP contribution in [-0.2, 0) is 57.2 Å². The van der Waals surface area contributed by atoms with Gasteiger partial charge in [0.1, 0.15) is 12.2 Å². The Balaban J connectivity index is -0.000000479. The van der Waals surface area contributed by atoms with E-state index in [-0.39, 0.29) is 63.8 Å². The Morgan fingerprint density at radius 2 is 0.862 bits per heavy atom. The van der Waals surface area contributed by atoms with Crippen LogP contribution in [0, 0.1) is 73.4 Å². The van der Waals surface area contributed by atoms with Gasteiger partial charge in [-0.25, -0.2) is 17.6 Å². The summed E-state index contributed by atoms with van der Waals surface area (Å²) in [5, 5.41) is 0. The summed E-state index contributed by atoms with van der Waals surface area (Å²) in [6.45, 7) is 55.1. The standard InChI is InChI=1S/C16H28O2.C14H28O2.C13H26O2.C9H14F4O2.C9H18O2.C8H14F2O2/c1-7-15(3,4)14(17)18-13-9-11-8-12(10(13)2)16(11,5)6;1-6-9-10-12(7-2)11-16-13(15)14(4,5)8-3;1-8-13(6,7)12(14)15-11(9(2)3)10(4)5;1-4-8(2,3)7(14)15-5-9(12,13)6(10)11;1-6-9(4,5)8(10)11-7(2)3;1-4-8(2,3)7(11)12-5-6(9)10/h10-13H,7-9H2,1-6H3;12H,6-11H2,1-5H3;9-11H,8H2,1-7H3;6H,4-5H2,1-3H3;7H,6H2,1-5H3;6H,4-5H2,1-3H3/t10-,11+,12-,13-;;;;;/m0...../s1. The van der Waals surface area contributed by atoms with E-state index < -0.39 is 54.8 Å². The quantitative estimate of drug-likeness (QED) is 0.0415. The predicted molar refractivity (Wildman–Crippen MR) is 337 cm³/mol. The molecule has 0 saturated heterocycles. The van der Waals surface area contributed by atoms with Gasteiger partial charge in [-0.1, -0.05) is 123 Å². The second-order valence-electron chi connectivity index (χ2n) is 29.3. The lowest BCUT2D eigenvalue weighted by Gasteiger charge is -2.61. The van der Waals surface area contributed by atoms with Crippen LogP contribution in [0.15, 0.2) is 0 Å². The van der Waals surface area contributed by atoms with Gasteiger partial charge in [-0.2, -0.15) is 8.78 Å². The first-order chi connectivity index (χ1) is 39.3. The predicted octanol–water partition coefficient (Wildman–Crippen LogP) is 19.3. The molecule has 12 nitrogen and oxygen atoms in total. The topological polar surface area (TPSA) is 158 Å². The van der Waals surface area contributed by atoms with Crippen LogP contribution < -0.4 is 0 Å². The van der Waals surface area contributed by atoms with Crippen LogP contribution in [0.25, 0.3) is 0 Å². The lowest BCUT2D eigenvalue weighted by atomic mass is 9.45. The molecule has 3 saturated carbocycles. The van der Waals surface area contributed by atoms with Crippen molar-refractivity contribution in [1.82, 2.24) is 0 Å². The molecule has 0 heterocycles. The first-order valence-electron chi connectivity index (χ1n) is 32.4. The van der Waals surface area contributed by atoms with Crippen LogP contribution in [0.4, 0.5) is 26.3 Å². The summed E-state index contributed by atoms with van der Waals surface area (Å²) in [6, 6.07) is 0. The number of halogens is 6. The SMILES string of the molecule is CCC(C)(C)C(=O)OC(C(C)C)C(C)C.CCC(C)(C)C(=O)OC(C)C.CCC(C)(C)C(=O)OCC(F)(F)C(F)F.CCC(C)(C)C(=O)OCC(F)F.CCC(C)(C)C(=O)O[C@H]1C[C@H]2C[C@@H]([C@@H]1C)C2(C)C.CCCCC(CC)COC(=O)C(C)(C)CC. The van der Waals surface area contributed by atoms with E-state index in [2.05, 4.69) is 71.8 Å². The average molecular weight is 1260 g/mol. The number of hydrogen-bond donors (Lipinski definition) is 0. The van der Waals surface area contributed by atoms with Crippen molar-refractivity contribution in [3.63, 3.8) is 0 Å². The maximum atomic E-state index is 12.4. The number of ether oxygens (including phenoxy) is 6. The molecule has 0 N–H and O–H groups in total. The van der Waals surface area contributed by atoms with Crippen molar-refractivity contribution in [3.05, 3.63) is 0 Å². The van der Waals surface area contributed by atoms with Gasteiger partial charge in [0.05, 0.1) is 45.2 Å². The van der Waals surface area contributed by atoms with Crippen molar-refractivity contribution in [1.29, 1.82) is 0 Å². The lowest BCUT2D eigenvalue weighted by molar-refractivity contribution is -0.193. The average Bonchev–Trinajstić information content (AvgIpc) is 0.818. The van der Waals surface area contributed by atoms with Crippen LogP contribution in [0.2, 0.25) is 0 Å². The number of carbonyl (C=O) groups is 6. The maximum absolute atomic E-state index is 12.4. The smallest absolute Gasteiger partial charge is 0.340 e. The molecule has 0 aromatic carbocycles. The Kier molecular flexibility index (Phi) is 41.6. The van der Waals surface area contributed by atoms with Crippen LogP contribution in [0.5, 0.6) is 0 Å². The summed E-state index contributed by atoms with van der Waals surface area (Å²) >= 11 is 0. The highest BCUT2D eigenvalue weighted by atomic mass is 19.3. The zero-order chi connectivity index (χ0) is 69.7. The van der Waals surface area contributed by atoms with E-state index >= 15 is 0 Å². The Morgan fingerprint density at radius 3 is 1.17 bits per heavy atom. The first-order valence-corrected chi connectivity index (χ1v) is 32.4. The van der Waals surface area contributed by atoms with Crippen LogP contribution >= 0.6 is 0 Å². The molecule has 3 rings (SSSR count). The van der Waals surface area contributed by atoms with Crippen molar-refractivity contribution < 1.29 is 83.5 Å². The number of alkyl halides is 6. The highest BCUT2D eigenvalue weighted by molar-refractivity contribution is 5.78. The van der Waals surface area contributed by atoms with Crippen molar-refractivity contribution >= 4 is 35.8 Å². The minimum Gasteiger partial charge on any atom is -0.465 e. The fraction of sp³-hybridized carbons (Fsp3) is 0.913. The van der Waals surface area contributed by atoms with Gasteiger partial charge in [0, 0.05) is 0 Å². The van der Waals surface area contributed by atoms with E-state index in [1.165, 1.54) is 39.5 Å². The number of esters is 6. The third-order valence-corrected chi connectivity index (χ3v) is 18.1. The fourth-order valence-electron chi connectivity index (χ4n) is 8.16. The number of fused-ring (bicyclic) bond motifs is 2. The lowest BCUT2D eigenvalue weighted by Crippen LogP contribution is -2.57. The van der Waals surface area contributed by atoms with Crippen LogP contribution in [0.3, 0.4) is 0 Å². The van der Waals surface area contributed by atoms with Gasteiger partial charge in [0.25, 0.3) is 6.43 Å². The second kappa shape index (κ2) is 40.3. The fourth-order valence-corrected chi connectivity index (χ4v) is 8.16. The Labute approximate surface area is 525 Å². The summed E-state index contributed by atoms with van der Waals surface area (Å²) in [4.78, 5) is 69.3. The molecule has 1 unspecified atom stereocenters. The van der Waals surface area contributed by atoms with E-state index in [0.29, 0.717) is 48.5 Å². The van der Waals surface area contributed by atoms with Gasteiger partial charge in [0.15, 0.2) is 13.2 Å². The van der Waals surface area contributed by atoms with Gasteiger partial charge < -0.3 is 28.4 Å². The molecule has 518 valence electrons. The Hall–Kier alpha value is -3.60. The van der Waals surface area contributed by atoms with Gasteiger partial charge in [-0.15, -0.1) is 0 Å². The minimum atomic E-state index is -4.28. The third kappa shape index (κ3) is 33.3. The summed E-state index contributed by atoms with van der Waals surface area (Å²) in [5.74, 6) is -2.69. The minimum absolute atomic E-state index is 0.00618. The summed E-state index contributed by atoms with van der Waals surface area (Å²) in [7, 11) is 0. The summed E-state index contributed by atoms with van der Waals surface area (Å²) in [6.07, 6.45) is 5.14. The summed E-state index contributed by atoms with van der Waals surface area (Å²) < 4.78 is 102. The number of carbonyl (C=O) groups excluding carboxylic acids is 6. The molecule has 3 aliphatic carbocycles. The van der Waals surface area contributed by atoms with Gasteiger partial charge in [-0.05, 0) is 196 Å². The maximum Gasteiger partial charge on any atom is 0.340 e. The molecule has 0 spiro atoms. The first kappa shape index (κ1) is 89.8. The molecule has 0 amide bonds. The zero-order valence-electron chi connectivity index (χ0n) is 60.1. The van der Waals surface area contributed by atoms with E-state index in [0.717, 1.165) is 50.4 Å². The molecule has 3 fully saturated rings. The molecule has 0 aliphatic heterocycles. The van der Waals surface area contributed by atoms with Gasteiger partial charge >= 0.3 is 48.2 Å². The second-order valence-corrected chi connectivity index (χ2v) is 29.3. The number of unbranched alkanes of at least 4 members (excludes halogenated alkanes) is 1. The van der Waals surface area contributed by atoms with E-state index in [1.807, 2.05) is 104 Å². The highest BCUT2D eigenvalue weighted by Gasteiger charge is 2.57. The molecule has 0 aromatic rings. The molecule has 2 bridgehead atoms. The zero-order valence-corrected chi connectivity index (χ0v) is 60.1. The van der Waals surface area contributed by atoms with Gasteiger partial charge in [0.2, 0.25) is 0 Å². The summed E-state index contributed by atoms with van der Waals surface area (Å²) in [5.41, 5.74) is -2.48. The molecule has 0 radical (unpaired) electrons. The Bertz CT molecular complexity index is 1970. The molecule has 87 heavy (non-hydrogen) atoms. The van der Waals surface area contributed by atoms with Crippen LogP contribution in [0.1, 0.15) is 278 Å². The van der Waals surface area contributed by atoms with Crippen molar-refractivity contribution in [2.24, 2.45) is 73.4 Å². The van der Waals surface area contributed by atoms with E-state index in [1.54, 1.807) is 20.8 Å². The van der Waals surface area contributed by atoms with E-state index in [4.69, 9.17) is 18.9 Å². The molecule has 0 aromatic heterocycles. The third-order valence-electron chi connectivity index (χ3n) is 18.1. The molecule has 5 atom stereocenters. The molecular weight excluding hydrogens is 1130 g/mol. The Morgan fingerprint density at radius 1 is 0.506 bits per heavy atom. The van der Waals surface area contributed by atoms with Crippen molar-refractivity contribution in [2.75, 3.05) is 19.8 Å². The molecular formula is C69H128F6O12. The van der Waals surface area contributed by atoms with Crippen LogP contribution in [-0.4, -0.2) is 92.7 Å². The molecule has 3 aliphatic rings. The largest absolute Gasteiger partial charge is 0.465 e. The number of hydrogen-bond acceptors (Lipinski definition) is 12. The highest BCUT2D eigenvalue weighted by Crippen LogP contribution is 2.62. The van der Waals surface area contributed by atoms with Crippen molar-refractivity contribution in [3.8, 4) is 0 Å². The normalized spacial score (nSPS) is 17.9.